The molecule has 0 aliphatic rings. The van der Waals surface area contributed by atoms with Gasteiger partial charge in [-0.3, -0.25) is 0 Å². The highest BCUT2D eigenvalue weighted by Crippen LogP contribution is 2.28. The zero-order valence-electron chi connectivity index (χ0n) is 11.1. The van der Waals surface area contributed by atoms with Gasteiger partial charge in [0, 0.05) is 30.2 Å². The Morgan fingerprint density at radius 1 is 1.45 bits per heavy atom. The lowest BCUT2D eigenvalue weighted by atomic mass is 10.2. The number of aromatic amines is 1. The van der Waals surface area contributed by atoms with E-state index in [1.165, 1.54) is 23.5 Å². The topological polar surface area (TPSA) is 92.1 Å². The van der Waals surface area contributed by atoms with E-state index < -0.39 is 10.0 Å². The Balaban J connectivity index is 2.40. The maximum absolute atomic E-state index is 12.6. The lowest BCUT2D eigenvalue weighted by Gasteiger charge is -2.18. The molecule has 0 aliphatic heterocycles. The molecule has 0 saturated heterocycles. The quantitative estimate of drug-likeness (QED) is 0.841. The number of H-pyrrole nitrogens is 1. The number of sulfonamides is 1. The molecule has 0 spiro atoms. The van der Waals surface area contributed by atoms with Gasteiger partial charge in [-0.25, -0.2) is 13.4 Å². The van der Waals surface area contributed by atoms with Crippen molar-refractivity contribution in [3.8, 4) is 0 Å². The third-order valence-electron chi connectivity index (χ3n) is 2.98. The minimum atomic E-state index is -3.68. The van der Waals surface area contributed by atoms with Crippen LogP contribution in [0.1, 0.15) is 11.4 Å². The van der Waals surface area contributed by atoms with Gasteiger partial charge < -0.3 is 10.7 Å². The first-order valence-electron chi connectivity index (χ1n) is 5.82. The van der Waals surface area contributed by atoms with E-state index in [1.54, 1.807) is 19.3 Å². The van der Waals surface area contributed by atoms with Crippen molar-refractivity contribution in [1.82, 2.24) is 14.3 Å². The molecule has 1 aromatic carbocycles. The maximum atomic E-state index is 12.6. The minimum Gasteiger partial charge on any atom is -0.398 e. The van der Waals surface area contributed by atoms with Gasteiger partial charge in [0.1, 0.15) is 5.82 Å². The standard InChI is InChI=1S/C12H15ClN4O2S/c1-8-10(14)5-9(13)6-11(8)20(18,19)17(2)7-12-15-3-4-16-12/h3-6H,7,14H2,1-2H3,(H,15,16). The molecular formula is C12H15ClN4O2S. The molecule has 0 atom stereocenters. The van der Waals surface area contributed by atoms with Gasteiger partial charge in [0.05, 0.1) is 11.4 Å². The van der Waals surface area contributed by atoms with Crippen LogP contribution < -0.4 is 5.73 Å². The maximum Gasteiger partial charge on any atom is 0.243 e. The van der Waals surface area contributed by atoms with Gasteiger partial charge in [-0.1, -0.05) is 11.6 Å². The van der Waals surface area contributed by atoms with Crippen molar-refractivity contribution in [1.29, 1.82) is 0 Å². The second-order valence-corrected chi connectivity index (χ2v) is 6.86. The van der Waals surface area contributed by atoms with E-state index in [2.05, 4.69) is 9.97 Å². The predicted molar refractivity (Wildman–Crippen MR) is 77.8 cm³/mol. The van der Waals surface area contributed by atoms with Crippen molar-refractivity contribution in [3.05, 3.63) is 40.9 Å². The Bertz CT molecular complexity index is 713. The van der Waals surface area contributed by atoms with Crippen molar-refractivity contribution < 1.29 is 8.42 Å². The second-order valence-electron chi connectivity index (χ2n) is 4.42. The molecule has 0 amide bonds. The van der Waals surface area contributed by atoms with Crippen molar-refractivity contribution in [2.75, 3.05) is 12.8 Å². The molecule has 0 aliphatic carbocycles. The SMILES string of the molecule is Cc1c(N)cc(Cl)cc1S(=O)(=O)N(C)Cc1ncc[nH]1. The van der Waals surface area contributed by atoms with Crippen molar-refractivity contribution in [3.63, 3.8) is 0 Å². The molecule has 2 rings (SSSR count). The number of nitrogen functional groups attached to an aromatic ring is 1. The Morgan fingerprint density at radius 2 is 2.15 bits per heavy atom. The van der Waals surface area contributed by atoms with Gasteiger partial charge in [0.2, 0.25) is 10.0 Å². The molecule has 2 aromatic rings. The highest BCUT2D eigenvalue weighted by Gasteiger charge is 2.25. The number of benzene rings is 1. The fourth-order valence-corrected chi connectivity index (χ4v) is 3.49. The number of hydrogen-bond donors (Lipinski definition) is 2. The number of nitrogens with one attached hydrogen (secondary N) is 1. The summed E-state index contributed by atoms with van der Waals surface area (Å²) in [6.45, 7) is 1.79. The summed E-state index contributed by atoms with van der Waals surface area (Å²) in [5.74, 6) is 0.559. The van der Waals surface area contributed by atoms with Crippen molar-refractivity contribution in [2.45, 2.75) is 18.4 Å². The average Bonchev–Trinajstić information content (AvgIpc) is 2.86. The normalized spacial score (nSPS) is 12.0. The summed E-state index contributed by atoms with van der Waals surface area (Å²) in [6.07, 6.45) is 3.21. The first-order valence-corrected chi connectivity index (χ1v) is 7.64. The molecule has 0 saturated carbocycles. The van der Waals surface area contributed by atoms with Crippen LogP contribution >= 0.6 is 11.6 Å². The molecule has 108 valence electrons. The van der Waals surface area contributed by atoms with Crippen LogP contribution in [0.15, 0.2) is 29.4 Å². The lowest BCUT2D eigenvalue weighted by Crippen LogP contribution is -2.27. The first-order chi connectivity index (χ1) is 9.32. The number of nitrogens with two attached hydrogens (primary N) is 1. The molecule has 1 aromatic heterocycles. The van der Waals surface area contributed by atoms with Crippen LogP contribution in [0.2, 0.25) is 5.02 Å². The van der Waals surface area contributed by atoms with Gasteiger partial charge >= 0.3 is 0 Å². The third-order valence-corrected chi connectivity index (χ3v) is 5.13. The molecule has 0 unspecified atom stereocenters. The Labute approximate surface area is 122 Å². The van der Waals surface area contributed by atoms with E-state index in [0.717, 1.165) is 0 Å². The van der Waals surface area contributed by atoms with E-state index in [0.29, 0.717) is 17.1 Å². The molecular weight excluding hydrogens is 300 g/mol. The van der Waals surface area contributed by atoms with Crippen LogP contribution in [0.5, 0.6) is 0 Å². The summed E-state index contributed by atoms with van der Waals surface area (Å²) < 4.78 is 26.3. The zero-order chi connectivity index (χ0) is 14.9. The molecule has 0 radical (unpaired) electrons. The largest absolute Gasteiger partial charge is 0.398 e. The van der Waals surface area contributed by atoms with Crippen LogP contribution in [0.3, 0.4) is 0 Å². The van der Waals surface area contributed by atoms with Gasteiger partial charge in [0.15, 0.2) is 0 Å². The van der Waals surface area contributed by atoms with E-state index in [9.17, 15) is 8.42 Å². The number of aromatic nitrogens is 2. The van der Waals surface area contributed by atoms with Gasteiger partial charge in [0.25, 0.3) is 0 Å². The van der Waals surface area contributed by atoms with Gasteiger partial charge in [-0.2, -0.15) is 4.31 Å². The summed E-state index contributed by atoms with van der Waals surface area (Å²) in [5, 5.41) is 0.290. The number of hydrogen-bond acceptors (Lipinski definition) is 4. The van der Waals surface area contributed by atoms with Crippen LogP contribution in [0.25, 0.3) is 0 Å². The zero-order valence-corrected chi connectivity index (χ0v) is 12.7. The summed E-state index contributed by atoms with van der Waals surface area (Å²) in [6, 6.07) is 2.93. The number of imidazole rings is 1. The van der Waals surface area contributed by atoms with Crippen LogP contribution in [-0.4, -0.2) is 29.7 Å². The highest BCUT2D eigenvalue weighted by molar-refractivity contribution is 7.89. The second kappa shape index (κ2) is 5.43. The van der Waals surface area contributed by atoms with Crippen molar-refractivity contribution in [2.24, 2.45) is 0 Å². The number of nitrogens with zero attached hydrogens (tertiary/aromatic N) is 2. The van der Waals surface area contributed by atoms with E-state index in [-0.39, 0.29) is 16.5 Å². The summed E-state index contributed by atoms with van der Waals surface area (Å²) >= 11 is 5.89. The van der Waals surface area contributed by atoms with Crippen LogP contribution in [-0.2, 0) is 16.6 Å². The Kier molecular flexibility index (Phi) is 4.03. The third kappa shape index (κ3) is 2.79. The molecule has 1 heterocycles. The Hall–Kier alpha value is -1.57. The number of anilines is 1. The van der Waals surface area contributed by atoms with E-state index >= 15 is 0 Å². The fourth-order valence-electron chi connectivity index (χ4n) is 1.79. The molecule has 0 fully saturated rings. The summed E-state index contributed by atoms with van der Waals surface area (Å²) in [5.41, 5.74) is 6.60. The molecule has 0 bridgehead atoms. The number of halogens is 1. The van der Waals surface area contributed by atoms with Crippen LogP contribution in [0, 0.1) is 6.92 Å². The fraction of sp³-hybridized carbons (Fsp3) is 0.250. The van der Waals surface area contributed by atoms with Gasteiger partial charge in [-0.15, -0.1) is 0 Å². The smallest absolute Gasteiger partial charge is 0.243 e. The lowest BCUT2D eigenvalue weighted by molar-refractivity contribution is 0.458. The van der Waals surface area contributed by atoms with Gasteiger partial charge in [-0.05, 0) is 24.6 Å². The molecule has 6 nitrogen and oxygen atoms in total. The number of rotatable bonds is 4. The Morgan fingerprint density at radius 3 is 2.75 bits per heavy atom. The van der Waals surface area contributed by atoms with Crippen LogP contribution in [0.4, 0.5) is 5.69 Å². The highest BCUT2D eigenvalue weighted by atomic mass is 35.5. The minimum absolute atomic E-state index is 0.108. The first kappa shape index (κ1) is 14.8. The average molecular weight is 315 g/mol. The molecule has 8 heteroatoms. The van der Waals surface area contributed by atoms with E-state index in [1.807, 2.05) is 0 Å². The van der Waals surface area contributed by atoms with Crippen molar-refractivity contribution >= 4 is 27.3 Å². The molecule has 20 heavy (non-hydrogen) atoms. The molecule has 3 N–H and O–H groups in total. The summed E-state index contributed by atoms with van der Waals surface area (Å²) in [7, 11) is -2.20. The monoisotopic (exact) mass is 314 g/mol. The van der Waals surface area contributed by atoms with E-state index in [4.69, 9.17) is 17.3 Å². The summed E-state index contributed by atoms with van der Waals surface area (Å²) in [4.78, 5) is 6.98. The predicted octanol–water partition coefficient (Wildman–Crippen LogP) is 1.77.